The molecule has 3 aromatic heterocycles. The lowest BCUT2D eigenvalue weighted by Crippen LogP contribution is -2.13. The van der Waals surface area contributed by atoms with Crippen LogP contribution in [0.25, 0.3) is 0 Å². The second kappa shape index (κ2) is 8.28. The van der Waals surface area contributed by atoms with Gasteiger partial charge in [0.15, 0.2) is 0 Å². The largest absolute Gasteiger partial charge is 0.418 e. The van der Waals surface area contributed by atoms with Crippen molar-refractivity contribution in [3.05, 3.63) is 69.9 Å². The summed E-state index contributed by atoms with van der Waals surface area (Å²) in [6, 6.07) is 6.84. The second-order valence-electron chi connectivity index (χ2n) is 5.24. The van der Waals surface area contributed by atoms with Gasteiger partial charge >= 0.3 is 6.18 Å². The molecule has 3 rings (SSSR count). The molecule has 0 saturated heterocycles. The van der Waals surface area contributed by atoms with Crippen molar-refractivity contribution in [3.63, 3.8) is 0 Å². The molecular formula is C17H11ClF3N3OS2. The minimum Gasteiger partial charge on any atom is -0.312 e. The maximum absolute atomic E-state index is 12.8. The molecule has 1 N–H and O–H groups in total. The van der Waals surface area contributed by atoms with E-state index in [2.05, 4.69) is 15.3 Å². The summed E-state index contributed by atoms with van der Waals surface area (Å²) in [6.45, 7) is 0. The number of hydrogen-bond acceptors (Lipinski definition) is 5. The highest BCUT2D eigenvalue weighted by molar-refractivity contribution is 7.98. The molecule has 4 nitrogen and oxygen atoms in total. The van der Waals surface area contributed by atoms with Gasteiger partial charge in [0.2, 0.25) is 0 Å². The molecule has 0 saturated carbocycles. The van der Waals surface area contributed by atoms with Gasteiger partial charge in [0.05, 0.1) is 16.1 Å². The lowest BCUT2D eigenvalue weighted by Gasteiger charge is -2.09. The number of alkyl halides is 3. The third-order valence-electron chi connectivity index (χ3n) is 3.40. The molecule has 0 radical (unpaired) electrons. The number of rotatable bonds is 5. The monoisotopic (exact) mass is 429 g/mol. The van der Waals surface area contributed by atoms with E-state index in [1.165, 1.54) is 11.8 Å². The molecule has 0 spiro atoms. The number of hydrogen-bond donors (Lipinski definition) is 1. The third-order valence-corrected chi connectivity index (χ3v) is 5.88. The van der Waals surface area contributed by atoms with Crippen LogP contribution in [0.1, 0.15) is 21.5 Å². The van der Waals surface area contributed by atoms with E-state index in [4.69, 9.17) is 11.6 Å². The standard InChI is InChI=1S/C17H11ClF3N3OS2/c18-13-12(17(19,20)21)9-27-16(13)24-14(25)11-2-1-5-23-15(11)26-8-10-3-6-22-7-4-10/h1-7,9H,8H2,(H,24,25). The number of amides is 1. The molecule has 10 heteroatoms. The fourth-order valence-electron chi connectivity index (χ4n) is 2.10. The number of nitrogens with one attached hydrogen (secondary N) is 1. The number of thiophene rings is 1. The zero-order valence-corrected chi connectivity index (χ0v) is 15.8. The van der Waals surface area contributed by atoms with Crippen LogP contribution in [-0.4, -0.2) is 15.9 Å². The first-order valence-corrected chi connectivity index (χ1v) is 9.73. The van der Waals surface area contributed by atoms with E-state index in [9.17, 15) is 18.0 Å². The predicted molar refractivity (Wildman–Crippen MR) is 100 cm³/mol. The van der Waals surface area contributed by atoms with Gasteiger partial charge in [-0.05, 0) is 29.8 Å². The van der Waals surface area contributed by atoms with Crippen molar-refractivity contribution in [2.45, 2.75) is 17.0 Å². The molecule has 0 aliphatic heterocycles. The molecule has 3 heterocycles. The Balaban J connectivity index is 1.77. The molecule has 0 atom stereocenters. The van der Waals surface area contributed by atoms with Crippen molar-refractivity contribution >= 4 is 45.6 Å². The third kappa shape index (κ3) is 4.79. The Morgan fingerprint density at radius 3 is 2.63 bits per heavy atom. The van der Waals surface area contributed by atoms with Crippen LogP contribution in [0.15, 0.2) is 53.3 Å². The van der Waals surface area contributed by atoms with Crippen LogP contribution < -0.4 is 5.32 Å². The number of aromatic nitrogens is 2. The summed E-state index contributed by atoms with van der Waals surface area (Å²) in [5, 5.41) is 3.21. The number of carbonyl (C=O) groups excluding carboxylic acids is 1. The zero-order chi connectivity index (χ0) is 19.4. The van der Waals surface area contributed by atoms with E-state index in [-0.39, 0.29) is 10.6 Å². The SMILES string of the molecule is O=C(Nc1scc(C(F)(F)F)c1Cl)c1cccnc1SCc1ccncc1. The topological polar surface area (TPSA) is 54.9 Å². The summed E-state index contributed by atoms with van der Waals surface area (Å²) in [4.78, 5) is 20.7. The van der Waals surface area contributed by atoms with Crippen molar-refractivity contribution in [1.29, 1.82) is 0 Å². The normalized spacial score (nSPS) is 11.4. The Bertz CT molecular complexity index is 948. The number of pyridine rings is 2. The molecular weight excluding hydrogens is 419 g/mol. The minimum absolute atomic E-state index is 0.0528. The van der Waals surface area contributed by atoms with Crippen LogP contribution in [-0.2, 0) is 11.9 Å². The first-order chi connectivity index (χ1) is 12.9. The number of nitrogens with zero attached hydrogens (tertiary/aromatic N) is 2. The number of thioether (sulfide) groups is 1. The molecule has 0 unspecified atom stereocenters. The van der Waals surface area contributed by atoms with Crippen LogP contribution >= 0.6 is 34.7 Å². The maximum Gasteiger partial charge on any atom is 0.418 e. The van der Waals surface area contributed by atoms with Crippen LogP contribution in [0.3, 0.4) is 0 Å². The van der Waals surface area contributed by atoms with Crippen molar-refractivity contribution < 1.29 is 18.0 Å². The summed E-state index contributed by atoms with van der Waals surface area (Å²) in [7, 11) is 0. The number of halogens is 4. The van der Waals surface area contributed by atoms with Crippen LogP contribution in [0, 0.1) is 0 Å². The fraction of sp³-hybridized carbons (Fsp3) is 0.118. The van der Waals surface area contributed by atoms with Gasteiger partial charge in [-0.25, -0.2) is 4.98 Å². The smallest absolute Gasteiger partial charge is 0.312 e. The summed E-state index contributed by atoms with van der Waals surface area (Å²) in [5.74, 6) is -0.00422. The molecule has 0 bridgehead atoms. The summed E-state index contributed by atoms with van der Waals surface area (Å²) >= 11 is 7.84. The quantitative estimate of drug-likeness (QED) is 0.524. The Hall–Kier alpha value is -2.10. The van der Waals surface area contributed by atoms with Crippen molar-refractivity contribution in [2.75, 3.05) is 5.32 Å². The van der Waals surface area contributed by atoms with Crippen molar-refractivity contribution in [3.8, 4) is 0 Å². The zero-order valence-electron chi connectivity index (χ0n) is 13.5. The average molecular weight is 430 g/mol. The Labute approximate surface area is 165 Å². The van der Waals surface area contributed by atoms with Gasteiger partial charge in [-0.3, -0.25) is 9.78 Å². The van der Waals surface area contributed by atoms with Crippen LogP contribution in [0.4, 0.5) is 18.2 Å². The van der Waals surface area contributed by atoms with Crippen molar-refractivity contribution in [2.24, 2.45) is 0 Å². The molecule has 0 fully saturated rings. The number of anilines is 1. The van der Waals surface area contributed by atoms with Gasteiger partial charge in [-0.2, -0.15) is 13.2 Å². The molecule has 0 aliphatic carbocycles. The first-order valence-electron chi connectivity index (χ1n) is 7.48. The summed E-state index contributed by atoms with van der Waals surface area (Å²) in [6.07, 6.45) is 0.305. The molecule has 0 aromatic carbocycles. The Morgan fingerprint density at radius 2 is 1.96 bits per heavy atom. The maximum atomic E-state index is 12.8. The highest BCUT2D eigenvalue weighted by Gasteiger charge is 2.35. The predicted octanol–water partition coefficient (Wildman–Crippen LogP) is 5.75. The lowest BCUT2D eigenvalue weighted by atomic mass is 10.2. The van der Waals surface area contributed by atoms with E-state index < -0.39 is 22.7 Å². The van der Waals surface area contributed by atoms with Gasteiger partial charge < -0.3 is 5.32 Å². The second-order valence-corrected chi connectivity index (χ2v) is 7.47. The van der Waals surface area contributed by atoms with Gasteiger partial charge in [-0.15, -0.1) is 23.1 Å². The van der Waals surface area contributed by atoms with Crippen molar-refractivity contribution in [1.82, 2.24) is 9.97 Å². The van der Waals surface area contributed by atoms with E-state index in [1.54, 1.807) is 30.7 Å². The van der Waals surface area contributed by atoms with Crippen LogP contribution in [0.2, 0.25) is 5.02 Å². The Morgan fingerprint density at radius 1 is 1.22 bits per heavy atom. The average Bonchev–Trinajstić information content (AvgIpc) is 3.02. The van der Waals surface area contributed by atoms with E-state index in [0.717, 1.165) is 22.3 Å². The molecule has 3 aromatic rings. The molecule has 1 amide bonds. The summed E-state index contributed by atoms with van der Waals surface area (Å²) in [5.41, 5.74) is 0.292. The van der Waals surface area contributed by atoms with E-state index >= 15 is 0 Å². The fourth-order valence-corrected chi connectivity index (χ4v) is 4.31. The van der Waals surface area contributed by atoms with E-state index in [0.29, 0.717) is 10.8 Å². The minimum atomic E-state index is -4.57. The highest BCUT2D eigenvalue weighted by atomic mass is 35.5. The van der Waals surface area contributed by atoms with Gasteiger partial charge in [-0.1, -0.05) is 11.6 Å². The number of carbonyl (C=O) groups is 1. The lowest BCUT2D eigenvalue weighted by molar-refractivity contribution is -0.137. The Kier molecular flexibility index (Phi) is 6.03. The van der Waals surface area contributed by atoms with Crippen LogP contribution in [0.5, 0.6) is 0 Å². The molecule has 27 heavy (non-hydrogen) atoms. The van der Waals surface area contributed by atoms with Gasteiger partial charge in [0, 0.05) is 29.7 Å². The van der Waals surface area contributed by atoms with E-state index in [1.807, 2.05) is 12.1 Å². The van der Waals surface area contributed by atoms with Gasteiger partial charge in [0.1, 0.15) is 10.0 Å². The highest BCUT2D eigenvalue weighted by Crippen LogP contribution is 2.42. The van der Waals surface area contributed by atoms with Gasteiger partial charge in [0.25, 0.3) is 5.91 Å². The molecule has 0 aliphatic rings. The molecule has 140 valence electrons. The summed E-state index contributed by atoms with van der Waals surface area (Å²) < 4.78 is 38.5. The first kappa shape index (κ1) is 19.7.